The third-order valence-electron chi connectivity index (χ3n) is 7.02. The van der Waals surface area contributed by atoms with Crippen molar-refractivity contribution in [3.05, 3.63) is 59.7 Å². The van der Waals surface area contributed by atoms with E-state index in [0.29, 0.717) is 16.9 Å². The van der Waals surface area contributed by atoms with Crippen molar-refractivity contribution in [2.45, 2.75) is 85.4 Å². The normalized spacial score (nSPS) is 13.0. The summed E-state index contributed by atoms with van der Waals surface area (Å²) in [6.45, 7) is 11.3. The number of aryl methyl sites for hydroxylation is 1. The number of amides is 5. The zero-order valence-electron chi connectivity index (χ0n) is 28.9. The van der Waals surface area contributed by atoms with E-state index in [-0.39, 0.29) is 54.4 Å². The molecule has 3 unspecified atom stereocenters. The standard InChI is InChI=1S/C35H49N5O8S/c1-21(2)17-27(31(43)40-28(33(46)47)20-49-16-15-26(32(44)45)38-30(42)19-35(4,5)6)39-29(41)18-23-9-13-25(14-10-23)37-34(48)36-24-11-7-22(3)8-12-24/h7-14,21,26-28H,15-20H2,1-6H3,(H,38,42)(H,39,41)(H,40,43)(H,44,45)(H,46,47)(H2,36,37,48). The number of carbonyl (C=O) groups excluding carboxylic acids is 4. The average Bonchev–Trinajstić information content (AvgIpc) is 2.98. The summed E-state index contributed by atoms with van der Waals surface area (Å²) in [7, 11) is 0. The molecule has 3 atom stereocenters. The first-order chi connectivity index (χ1) is 22.9. The van der Waals surface area contributed by atoms with Gasteiger partial charge in [0.1, 0.15) is 18.1 Å². The number of benzene rings is 2. The molecule has 0 radical (unpaired) electrons. The summed E-state index contributed by atoms with van der Waals surface area (Å²) in [6.07, 6.45) is 0.446. The lowest BCUT2D eigenvalue weighted by Gasteiger charge is -2.23. The first kappa shape index (κ1) is 40.6. The van der Waals surface area contributed by atoms with Crippen LogP contribution in [0.15, 0.2) is 48.5 Å². The Morgan fingerprint density at radius 2 is 1.27 bits per heavy atom. The number of rotatable bonds is 18. The minimum absolute atomic E-state index is 0.00608. The Bertz CT molecular complexity index is 1440. The van der Waals surface area contributed by atoms with Crippen LogP contribution in [0.4, 0.5) is 16.2 Å². The number of anilines is 2. The highest BCUT2D eigenvalue weighted by Crippen LogP contribution is 2.19. The fourth-order valence-electron chi connectivity index (χ4n) is 4.60. The summed E-state index contributed by atoms with van der Waals surface area (Å²) >= 11 is 1.14. The molecule has 0 saturated heterocycles. The quantitative estimate of drug-likeness (QED) is 0.110. The lowest BCUT2D eigenvalue weighted by Crippen LogP contribution is -2.53. The fraction of sp³-hybridized carbons (Fsp3) is 0.486. The van der Waals surface area contributed by atoms with Gasteiger partial charge in [0, 0.05) is 23.5 Å². The number of carbonyl (C=O) groups is 6. The molecular weight excluding hydrogens is 650 g/mol. The fourth-order valence-corrected chi connectivity index (χ4v) is 5.63. The molecule has 2 aromatic rings. The summed E-state index contributed by atoms with van der Waals surface area (Å²) in [4.78, 5) is 74.2. The van der Waals surface area contributed by atoms with E-state index >= 15 is 0 Å². The predicted octanol–water partition coefficient (Wildman–Crippen LogP) is 4.41. The highest BCUT2D eigenvalue weighted by Gasteiger charge is 2.28. The molecule has 0 aromatic heterocycles. The molecule has 268 valence electrons. The number of urea groups is 1. The Morgan fingerprint density at radius 1 is 0.735 bits per heavy atom. The Hall–Kier alpha value is -4.59. The van der Waals surface area contributed by atoms with Crippen LogP contribution >= 0.6 is 11.8 Å². The number of carboxylic acids is 2. The molecule has 2 aromatic carbocycles. The van der Waals surface area contributed by atoms with Gasteiger partial charge in [0.05, 0.1) is 6.42 Å². The van der Waals surface area contributed by atoms with Crippen LogP contribution in [0.25, 0.3) is 0 Å². The molecule has 0 spiro atoms. The van der Waals surface area contributed by atoms with Crippen LogP contribution < -0.4 is 26.6 Å². The number of hydrogen-bond acceptors (Lipinski definition) is 7. The number of hydrogen-bond donors (Lipinski definition) is 7. The van der Waals surface area contributed by atoms with Gasteiger partial charge in [-0.2, -0.15) is 11.8 Å². The Morgan fingerprint density at radius 3 is 1.78 bits per heavy atom. The lowest BCUT2D eigenvalue weighted by molar-refractivity contribution is -0.142. The van der Waals surface area contributed by atoms with E-state index in [1.807, 2.05) is 53.7 Å². The van der Waals surface area contributed by atoms with Crippen molar-refractivity contribution >= 4 is 58.8 Å². The molecule has 0 aliphatic rings. The van der Waals surface area contributed by atoms with Crippen LogP contribution in [0.1, 0.15) is 65.0 Å². The molecule has 7 N–H and O–H groups in total. The zero-order chi connectivity index (χ0) is 36.7. The Labute approximate surface area is 291 Å². The molecule has 0 fully saturated rings. The van der Waals surface area contributed by atoms with Crippen LogP contribution in [0.5, 0.6) is 0 Å². The predicted molar refractivity (Wildman–Crippen MR) is 190 cm³/mol. The second-order valence-corrected chi connectivity index (χ2v) is 14.7. The van der Waals surface area contributed by atoms with E-state index in [1.54, 1.807) is 36.4 Å². The van der Waals surface area contributed by atoms with Gasteiger partial charge in [-0.15, -0.1) is 0 Å². The minimum Gasteiger partial charge on any atom is -0.480 e. The van der Waals surface area contributed by atoms with E-state index in [0.717, 1.165) is 17.3 Å². The van der Waals surface area contributed by atoms with Gasteiger partial charge in [-0.3, -0.25) is 14.4 Å². The molecule has 0 bridgehead atoms. The monoisotopic (exact) mass is 699 g/mol. The molecule has 13 nitrogen and oxygen atoms in total. The highest BCUT2D eigenvalue weighted by atomic mass is 32.2. The van der Waals surface area contributed by atoms with Gasteiger partial charge in [0.25, 0.3) is 0 Å². The lowest BCUT2D eigenvalue weighted by atomic mass is 9.92. The maximum absolute atomic E-state index is 13.2. The molecule has 0 aliphatic carbocycles. The van der Waals surface area contributed by atoms with Crippen molar-refractivity contribution < 1.29 is 39.0 Å². The van der Waals surface area contributed by atoms with Crippen molar-refractivity contribution in [2.75, 3.05) is 22.1 Å². The maximum atomic E-state index is 13.2. The number of carboxylic acid groups (broad SMARTS) is 2. The molecule has 0 aliphatic heterocycles. The summed E-state index contributed by atoms with van der Waals surface area (Å²) in [6, 6.07) is 10.2. The molecule has 49 heavy (non-hydrogen) atoms. The average molecular weight is 700 g/mol. The SMILES string of the molecule is Cc1ccc(NC(=O)Nc2ccc(CC(=O)NC(CC(C)C)C(=O)NC(CSCCC(NC(=O)CC(C)(C)C)C(=O)O)C(=O)O)cc2)cc1. The molecular formula is C35H49N5O8S. The van der Waals surface area contributed by atoms with Gasteiger partial charge in [-0.05, 0) is 66.7 Å². The summed E-state index contributed by atoms with van der Waals surface area (Å²) in [5, 5.41) is 32.4. The Balaban J connectivity index is 1.91. The summed E-state index contributed by atoms with van der Waals surface area (Å²) in [5.74, 6) is -3.74. The molecule has 2 rings (SSSR count). The van der Waals surface area contributed by atoms with Gasteiger partial charge >= 0.3 is 18.0 Å². The van der Waals surface area contributed by atoms with Crippen molar-refractivity contribution in [3.8, 4) is 0 Å². The van der Waals surface area contributed by atoms with Gasteiger partial charge in [0.2, 0.25) is 17.7 Å². The minimum atomic E-state index is -1.29. The highest BCUT2D eigenvalue weighted by molar-refractivity contribution is 7.99. The first-order valence-corrected chi connectivity index (χ1v) is 17.2. The zero-order valence-corrected chi connectivity index (χ0v) is 29.7. The van der Waals surface area contributed by atoms with Crippen LogP contribution in [0.2, 0.25) is 0 Å². The van der Waals surface area contributed by atoms with Crippen LogP contribution in [0, 0.1) is 18.3 Å². The van der Waals surface area contributed by atoms with Crippen LogP contribution in [0.3, 0.4) is 0 Å². The van der Waals surface area contributed by atoms with E-state index < -0.39 is 47.9 Å². The topological polar surface area (TPSA) is 203 Å². The van der Waals surface area contributed by atoms with Gasteiger partial charge in [-0.25, -0.2) is 14.4 Å². The van der Waals surface area contributed by atoms with E-state index in [1.165, 1.54) is 0 Å². The van der Waals surface area contributed by atoms with Crippen molar-refractivity contribution in [1.82, 2.24) is 16.0 Å². The van der Waals surface area contributed by atoms with Crippen molar-refractivity contribution in [3.63, 3.8) is 0 Å². The van der Waals surface area contributed by atoms with Crippen molar-refractivity contribution in [2.24, 2.45) is 11.3 Å². The van der Waals surface area contributed by atoms with Gasteiger partial charge < -0.3 is 36.8 Å². The second kappa shape index (κ2) is 19.4. The third-order valence-corrected chi connectivity index (χ3v) is 8.11. The van der Waals surface area contributed by atoms with Gasteiger partial charge in [-0.1, -0.05) is 64.4 Å². The molecule has 14 heteroatoms. The van der Waals surface area contributed by atoms with E-state index in [4.69, 9.17) is 0 Å². The summed E-state index contributed by atoms with van der Waals surface area (Å²) < 4.78 is 0. The van der Waals surface area contributed by atoms with Crippen LogP contribution in [-0.4, -0.2) is 75.5 Å². The Kier molecular flexibility index (Phi) is 16.1. The molecule has 5 amide bonds. The molecule has 0 saturated carbocycles. The molecule has 0 heterocycles. The van der Waals surface area contributed by atoms with E-state index in [2.05, 4.69) is 26.6 Å². The first-order valence-electron chi connectivity index (χ1n) is 16.1. The van der Waals surface area contributed by atoms with E-state index in [9.17, 15) is 39.0 Å². The number of nitrogens with one attached hydrogen (secondary N) is 5. The maximum Gasteiger partial charge on any atom is 0.327 e. The van der Waals surface area contributed by atoms with Crippen molar-refractivity contribution in [1.29, 1.82) is 0 Å². The second-order valence-electron chi connectivity index (χ2n) is 13.5. The van der Waals surface area contributed by atoms with Crippen LogP contribution in [-0.2, 0) is 30.4 Å². The van der Waals surface area contributed by atoms with Gasteiger partial charge in [0.15, 0.2) is 0 Å². The number of thioether (sulfide) groups is 1. The number of aliphatic carboxylic acids is 2. The smallest absolute Gasteiger partial charge is 0.327 e. The summed E-state index contributed by atoms with van der Waals surface area (Å²) in [5.41, 5.74) is 2.56. The largest absolute Gasteiger partial charge is 0.480 e. The third kappa shape index (κ3) is 16.4.